The molecule has 3 aromatic rings. The molecule has 0 spiro atoms. The van der Waals surface area contributed by atoms with E-state index in [0.29, 0.717) is 10.9 Å². The van der Waals surface area contributed by atoms with E-state index in [1.807, 2.05) is 30.3 Å². The molecule has 1 fully saturated rings. The molecule has 0 saturated heterocycles. The molecule has 1 heterocycles. The van der Waals surface area contributed by atoms with Crippen LogP contribution in [0.15, 0.2) is 46.9 Å². The van der Waals surface area contributed by atoms with E-state index < -0.39 is 0 Å². The van der Waals surface area contributed by atoms with Crippen molar-refractivity contribution in [1.82, 2.24) is 9.97 Å². The maximum absolute atomic E-state index is 6.19. The van der Waals surface area contributed by atoms with Crippen LogP contribution in [0.5, 0.6) is 0 Å². The molecule has 0 bridgehead atoms. The summed E-state index contributed by atoms with van der Waals surface area (Å²) in [5, 5.41) is 1.82. The third kappa shape index (κ3) is 3.37. The number of rotatable bonds is 4. The molecule has 122 valence electrons. The fraction of sp³-hybridized carbons (Fsp3) is 0.222. The van der Waals surface area contributed by atoms with Crippen LogP contribution in [-0.2, 0) is 0 Å². The number of benzene rings is 2. The Morgan fingerprint density at radius 3 is 2.67 bits per heavy atom. The zero-order valence-electron chi connectivity index (χ0n) is 12.7. The second-order valence-electron chi connectivity index (χ2n) is 6.01. The summed E-state index contributed by atoms with van der Waals surface area (Å²) < 4.78 is 1.04. The third-order valence-electron chi connectivity index (χ3n) is 4.12. The van der Waals surface area contributed by atoms with Gasteiger partial charge in [0, 0.05) is 27.1 Å². The average Bonchev–Trinajstić information content (AvgIpc) is 3.35. The zero-order valence-corrected chi connectivity index (χ0v) is 15.8. The second kappa shape index (κ2) is 6.51. The summed E-state index contributed by atoms with van der Waals surface area (Å²) >= 11 is 15.9. The van der Waals surface area contributed by atoms with E-state index in [4.69, 9.17) is 23.2 Å². The predicted molar refractivity (Wildman–Crippen MR) is 103 cm³/mol. The number of aromatic nitrogens is 2. The molecule has 0 amide bonds. The first kappa shape index (κ1) is 16.1. The van der Waals surface area contributed by atoms with E-state index in [0.717, 1.165) is 33.4 Å². The van der Waals surface area contributed by atoms with Crippen molar-refractivity contribution in [2.45, 2.75) is 12.8 Å². The van der Waals surface area contributed by atoms with Gasteiger partial charge >= 0.3 is 0 Å². The summed E-state index contributed by atoms with van der Waals surface area (Å²) in [5.41, 5.74) is 1.84. The minimum atomic E-state index is 0.232. The van der Waals surface area contributed by atoms with E-state index in [-0.39, 0.29) is 5.28 Å². The Morgan fingerprint density at radius 2 is 1.92 bits per heavy atom. The van der Waals surface area contributed by atoms with Gasteiger partial charge in [0.1, 0.15) is 5.82 Å². The van der Waals surface area contributed by atoms with Gasteiger partial charge in [-0.3, -0.25) is 0 Å². The van der Waals surface area contributed by atoms with E-state index in [1.54, 1.807) is 0 Å². The Morgan fingerprint density at radius 1 is 1.08 bits per heavy atom. The Bertz CT molecular complexity index is 907. The molecule has 1 aliphatic carbocycles. The second-order valence-corrected chi connectivity index (χ2v) is 7.70. The van der Waals surface area contributed by atoms with Crippen LogP contribution in [0.2, 0.25) is 10.3 Å². The molecule has 1 aliphatic rings. The van der Waals surface area contributed by atoms with Gasteiger partial charge in [0.2, 0.25) is 5.28 Å². The van der Waals surface area contributed by atoms with E-state index in [1.165, 1.54) is 12.8 Å². The van der Waals surface area contributed by atoms with Gasteiger partial charge in [-0.05, 0) is 66.8 Å². The van der Waals surface area contributed by atoms with Crippen LogP contribution in [-0.4, -0.2) is 16.5 Å². The van der Waals surface area contributed by atoms with Crippen LogP contribution >= 0.6 is 39.1 Å². The number of hydrogen-bond acceptors (Lipinski definition) is 3. The summed E-state index contributed by atoms with van der Waals surface area (Å²) in [6.45, 7) is 0.918. The monoisotopic (exact) mass is 421 g/mol. The molecule has 2 aromatic carbocycles. The highest BCUT2D eigenvalue weighted by Crippen LogP contribution is 2.38. The lowest BCUT2D eigenvalue weighted by Crippen LogP contribution is -2.21. The fourth-order valence-corrected chi connectivity index (χ4v) is 3.51. The molecule has 4 rings (SSSR count). The van der Waals surface area contributed by atoms with Crippen LogP contribution in [0, 0.1) is 5.92 Å². The van der Waals surface area contributed by atoms with Crippen molar-refractivity contribution in [3.05, 3.63) is 57.2 Å². The highest BCUT2D eigenvalue weighted by atomic mass is 79.9. The summed E-state index contributed by atoms with van der Waals surface area (Å²) in [6, 6.07) is 13.9. The quantitative estimate of drug-likeness (QED) is 0.465. The lowest BCUT2D eigenvalue weighted by molar-refractivity contribution is 0.806. The third-order valence-corrected chi connectivity index (χ3v) is 5.02. The van der Waals surface area contributed by atoms with Gasteiger partial charge in [0.25, 0.3) is 0 Å². The summed E-state index contributed by atoms with van der Waals surface area (Å²) in [7, 11) is 0. The fourth-order valence-electron chi connectivity index (χ4n) is 2.78. The summed E-state index contributed by atoms with van der Waals surface area (Å²) in [5.74, 6) is 1.52. The molecule has 6 heteroatoms. The van der Waals surface area contributed by atoms with Gasteiger partial charge in [-0.15, -0.1) is 0 Å². The summed E-state index contributed by atoms with van der Waals surface area (Å²) in [6.07, 6.45) is 2.51. The van der Waals surface area contributed by atoms with E-state index >= 15 is 0 Å². The minimum Gasteiger partial charge on any atom is -0.325 e. The number of hydrogen-bond donors (Lipinski definition) is 0. The molecule has 0 atom stereocenters. The zero-order chi connectivity index (χ0) is 16.7. The molecular weight excluding hydrogens is 409 g/mol. The lowest BCUT2D eigenvalue weighted by atomic mass is 10.2. The Kier molecular flexibility index (Phi) is 4.37. The largest absolute Gasteiger partial charge is 0.325 e. The van der Waals surface area contributed by atoms with E-state index in [2.05, 4.69) is 42.9 Å². The highest BCUT2D eigenvalue weighted by molar-refractivity contribution is 9.10. The van der Waals surface area contributed by atoms with Crippen molar-refractivity contribution in [1.29, 1.82) is 0 Å². The van der Waals surface area contributed by atoms with Crippen molar-refractivity contribution in [3.63, 3.8) is 0 Å². The molecule has 0 aliphatic heterocycles. The maximum Gasteiger partial charge on any atom is 0.224 e. The van der Waals surface area contributed by atoms with Gasteiger partial charge < -0.3 is 4.90 Å². The lowest BCUT2D eigenvalue weighted by Gasteiger charge is -2.25. The van der Waals surface area contributed by atoms with Gasteiger partial charge in [-0.25, -0.2) is 4.98 Å². The standard InChI is InChI=1S/C18H14BrCl2N3/c19-12-2-1-3-14(8-12)24(10-11-4-5-11)17-15-7-6-13(20)9-16(15)22-18(21)23-17/h1-3,6-9,11H,4-5,10H2. The normalized spacial score (nSPS) is 14.1. The van der Waals surface area contributed by atoms with Crippen molar-refractivity contribution >= 4 is 61.5 Å². The predicted octanol–water partition coefficient (Wildman–Crippen LogP) is 6.25. The van der Waals surface area contributed by atoms with Crippen molar-refractivity contribution in [2.24, 2.45) is 5.92 Å². The Labute approximate surface area is 158 Å². The first-order valence-corrected chi connectivity index (χ1v) is 9.31. The molecule has 0 unspecified atom stereocenters. The van der Waals surface area contributed by atoms with Gasteiger partial charge in [-0.2, -0.15) is 4.98 Å². The van der Waals surface area contributed by atoms with Crippen molar-refractivity contribution in [3.8, 4) is 0 Å². The first-order chi connectivity index (χ1) is 11.6. The van der Waals surface area contributed by atoms with Crippen molar-refractivity contribution in [2.75, 3.05) is 11.4 Å². The average molecular weight is 423 g/mol. The molecular formula is C18H14BrCl2N3. The molecule has 1 saturated carbocycles. The Balaban J connectivity index is 1.90. The number of fused-ring (bicyclic) bond motifs is 1. The first-order valence-electron chi connectivity index (χ1n) is 7.76. The maximum atomic E-state index is 6.19. The van der Waals surface area contributed by atoms with Crippen LogP contribution in [0.1, 0.15) is 12.8 Å². The van der Waals surface area contributed by atoms with E-state index in [9.17, 15) is 0 Å². The van der Waals surface area contributed by atoms with Gasteiger partial charge in [0.15, 0.2) is 0 Å². The molecule has 3 nitrogen and oxygen atoms in total. The van der Waals surface area contributed by atoms with Gasteiger partial charge in [-0.1, -0.05) is 33.6 Å². The molecule has 24 heavy (non-hydrogen) atoms. The SMILES string of the molecule is Clc1ccc2c(N(CC3CC3)c3cccc(Br)c3)nc(Cl)nc2c1. The van der Waals surface area contributed by atoms with Crippen molar-refractivity contribution < 1.29 is 0 Å². The highest BCUT2D eigenvalue weighted by Gasteiger charge is 2.27. The van der Waals surface area contributed by atoms with Crippen LogP contribution < -0.4 is 4.90 Å². The van der Waals surface area contributed by atoms with Crippen LogP contribution in [0.3, 0.4) is 0 Å². The number of anilines is 2. The topological polar surface area (TPSA) is 29.0 Å². The molecule has 1 aromatic heterocycles. The number of halogens is 3. The number of nitrogens with zero attached hydrogens (tertiary/aromatic N) is 3. The Hall–Kier alpha value is -1.36. The smallest absolute Gasteiger partial charge is 0.224 e. The van der Waals surface area contributed by atoms with Gasteiger partial charge in [0.05, 0.1) is 5.52 Å². The molecule has 0 N–H and O–H groups in total. The summed E-state index contributed by atoms with van der Waals surface area (Å²) in [4.78, 5) is 11.1. The van der Waals surface area contributed by atoms with Crippen LogP contribution in [0.25, 0.3) is 10.9 Å². The molecule has 0 radical (unpaired) electrons. The van der Waals surface area contributed by atoms with Crippen LogP contribution in [0.4, 0.5) is 11.5 Å². The minimum absolute atomic E-state index is 0.232.